The van der Waals surface area contributed by atoms with Gasteiger partial charge in [-0.1, -0.05) is 32.0 Å². The van der Waals surface area contributed by atoms with E-state index >= 15 is 0 Å². The van der Waals surface area contributed by atoms with Crippen LogP contribution in [0.5, 0.6) is 5.75 Å². The van der Waals surface area contributed by atoms with Gasteiger partial charge in [0, 0.05) is 6.04 Å². The Balaban J connectivity index is 2.68. The van der Waals surface area contributed by atoms with E-state index in [-0.39, 0.29) is 11.9 Å². The first kappa shape index (κ1) is 16.5. The maximum atomic E-state index is 12.2. The van der Waals surface area contributed by atoms with E-state index in [1.165, 1.54) is 0 Å². The SMILES string of the molecule is CCC(N)(CC)C(=O)NC(C)Cc1ccccc1OC. The van der Waals surface area contributed by atoms with Crippen molar-refractivity contribution in [3.63, 3.8) is 0 Å². The van der Waals surface area contributed by atoms with Crippen LogP contribution in [0.3, 0.4) is 0 Å². The number of methoxy groups -OCH3 is 1. The molecule has 0 aliphatic carbocycles. The molecule has 20 heavy (non-hydrogen) atoms. The lowest BCUT2D eigenvalue weighted by molar-refractivity contribution is -0.127. The normalized spacial score (nSPS) is 12.8. The maximum Gasteiger partial charge on any atom is 0.240 e. The minimum Gasteiger partial charge on any atom is -0.496 e. The largest absolute Gasteiger partial charge is 0.496 e. The van der Waals surface area contributed by atoms with Crippen molar-refractivity contribution >= 4 is 5.91 Å². The van der Waals surface area contributed by atoms with Gasteiger partial charge < -0.3 is 15.8 Å². The maximum absolute atomic E-state index is 12.2. The van der Waals surface area contributed by atoms with Crippen LogP contribution in [0.2, 0.25) is 0 Å². The predicted octanol–water partition coefficient (Wildman–Crippen LogP) is 2.26. The Bertz CT molecular complexity index is 442. The first-order valence-corrected chi connectivity index (χ1v) is 7.18. The number of nitrogens with two attached hydrogens (primary N) is 1. The highest BCUT2D eigenvalue weighted by atomic mass is 16.5. The molecule has 112 valence electrons. The van der Waals surface area contributed by atoms with Crippen LogP contribution >= 0.6 is 0 Å². The van der Waals surface area contributed by atoms with Crippen LogP contribution in [0.4, 0.5) is 0 Å². The molecule has 1 rings (SSSR count). The van der Waals surface area contributed by atoms with Gasteiger partial charge in [0.05, 0.1) is 12.6 Å². The van der Waals surface area contributed by atoms with Crippen molar-refractivity contribution in [2.24, 2.45) is 5.73 Å². The summed E-state index contributed by atoms with van der Waals surface area (Å²) in [5.41, 5.74) is 6.41. The van der Waals surface area contributed by atoms with Gasteiger partial charge in [-0.05, 0) is 37.8 Å². The summed E-state index contributed by atoms with van der Waals surface area (Å²) in [7, 11) is 1.65. The van der Waals surface area contributed by atoms with Gasteiger partial charge in [0.1, 0.15) is 5.75 Å². The minimum absolute atomic E-state index is 0.0137. The van der Waals surface area contributed by atoms with Crippen molar-refractivity contribution < 1.29 is 9.53 Å². The van der Waals surface area contributed by atoms with E-state index in [1.54, 1.807) is 7.11 Å². The molecule has 0 fully saturated rings. The number of hydrogen-bond acceptors (Lipinski definition) is 3. The second-order valence-electron chi connectivity index (χ2n) is 5.25. The lowest BCUT2D eigenvalue weighted by Gasteiger charge is -2.27. The van der Waals surface area contributed by atoms with Crippen molar-refractivity contribution in [2.75, 3.05) is 7.11 Å². The third kappa shape index (κ3) is 3.97. The summed E-state index contributed by atoms with van der Waals surface area (Å²) in [4.78, 5) is 12.2. The molecular formula is C16H26N2O2. The number of rotatable bonds is 7. The second-order valence-corrected chi connectivity index (χ2v) is 5.25. The summed E-state index contributed by atoms with van der Waals surface area (Å²) in [6, 6.07) is 7.86. The zero-order valence-corrected chi connectivity index (χ0v) is 12.9. The average Bonchev–Trinajstić information content (AvgIpc) is 2.46. The number of ether oxygens (including phenoxy) is 1. The summed E-state index contributed by atoms with van der Waals surface area (Å²) in [5.74, 6) is 0.767. The van der Waals surface area contributed by atoms with Gasteiger partial charge in [-0.2, -0.15) is 0 Å². The van der Waals surface area contributed by atoms with E-state index in [0.29, 0.717) is 12.8 Å². The Kier molecular flexibility index (Phi) is 6.02. The lowest BCUT2D eigenvalue weighted by atomic mass is 9.92. The number of para-hydroxylation sites is 1. The summed E-state index contributed by atoms with van der Waals surface area (Å²) < 4.78 is 5.32. The van der Waals surface area contributed by atoms with Crippen molar-refractivity contribution in [3.8, 4) is 5.75 Å². The fourth-order valence-electron chi connectivity index (χ4n) is 2.19. The van der Waals surface area contributed by atoms with E-state index in [0.717, 1.165) is 17.7 Å². The predicted molar refractivity (Wildman–Crippen MR) is 81.8 cm³/mol. The Morgan fingerprint density at radius 3 is 2.50 bits per heavy atom. The van der Waals surface area contributed by atoms with Crippen LogP contribution in [0, 0.1) is 0 Å². The van der Waals surface area contributed by atoms with Gasteiger partial charge in [0.15, 0.2) is 0 Å². The number of nitrogens with one attached hydrogen (secondary N) is 1. The fraction of sp³-hybridized carbons (Fsp3) is 0.562. The molecule has 0 heterocycles. The first-order valence-electron chi connectivity index (χ1n) is 7.18. The first-order chi connectivity index (χ1) is 9.46. The monoisotopic (exact) mass is 278 g/mol. The fourth-order valence-corrected chi connectivity index (χ4v) is 2.19. The number of amides is 1. The van der Waals surface area contributed by atoms with Crippen LogP contribution in [0.25, 0.3) is 0 Å². The van der Waals surface area contributed by atoms with Crippen LogP contribution in [-0.4, -0.2) is 24.6 Å². The van der Waals surface area contributed by atoms with E-state index in [1.807, 2.05) is 45.0 Å². The molecule has 4 heteroatoms. The Morgan fingerprint density at radius 2 is 1.95 bits per heavy atom. The van der Waals surface area contributed by atoms with Gasteiger partial charge in [0.25, 0.3) is 0 Å². The van der Waals surface area contributed by atoms with Gasteiger partial charge in [-0.25, -0.2) is 0 Å². The smallest absolute Gasteiger partial charge is 0.240 e. The number of hydrogen-bond donors (Lipinski definition) is 2. The summed E-state index contributed by atoms with van der Waals surface area (Å²) in [6.45, 7) is 5.86. The van der Waals surface area contributed by atoms with Gasteiger partial charge >= 0.3 is 0 Å². The summed E-state index contributed by atoms with van der Waals surface area (Å²) in [6.07, 6.45) is 1.99. The van der Waals surface area contributed by atoms with E-state index in [4.69, 9.17) is 10.5 Å². The molecule has 0 saturated heterocycles. The molecule has 0 aliphatic rings. The molecule has 1 unspecified atom stereocenters. The van der Waals surface area contributed by atoms with E-state index in [9.17, 15) is 4.79 Å². The Hall–Kier alpha value is -1.55. The van der Waals surface area contributed by atoms with Crippen LogP contribution in [0.1, 0.15) is 39.2 Å². The van der Waals surface area contributed by atoms with Crippen LogP contribution in [0.15, 0.2) is 24.3 Å². The Labute approximate surface area is 121 Å². The molecule has 1 aromatic rings. The molecule has 1 atom stereocenters. The molecule has 0 spiro atoms. The quantitative estimate of drug-likeness (QED) is 0.804. The zero-order valence-electron chi connectivity index (χ0n) is 12.9. The third-order valence-electron chi connectivity index (χ3n) is 3.81. The number of carbonyl (C=O) groups is 1. The molecule has 1 aromatic carbocycles. The summed E-state index contributed by atoms with van der Waals surface area (Å²) in [5, 5.41) is 3.00. The highest BCUT2D eigenvalue weighted by Crippen LogP contribution is 2.19. The molecule has 3 N–H and O–H groups in total. The molecule has 0 bridgehead atoms. The average molecular weight is 278 g/mol. The molecule has 0 aliphatic heterocycles. The van der Waals surface area contributed by atoms with Crippen molar-refractivity contribution in [2.45, 2.75) is 51.6 Å². The van der Waals surface area contributed by atoms with Crippen molar-refractivity contribution in [3.05, 3.63) is 29.8 Å². The van der Waals surface area contributed by atoms with E-state index < -0.39 is 5.54 Å². The topological polar surface area (TPSA) is 64.4 Å². The second kappa shape index (κ2) is 7.29. The minimum atomic E-state index is -0.769. The highest BCUT2D eigenvalue weighted by molar-refractivity contribution is 5.86. The number of carbonyl (C=O) groups excluding carboxylic acids is 1. The zero-order chi connectivity index (χ0) is 15.2. The van der Waals surface area contributed by atoms with Crippen LogP contribution in [-0.2, 0) is 11.2 Å². The third-order valence-corrected chi connectivity index (χ3v) is 3.81. The van der Waals surface area contributed by atoms with Crippen LogP contribution < -0.4 is 15.8 Å². The number of benzene rings is 1. The molecule has 0 radical (unpaired) electrons. The van der Waals surface area contributed by atoms with Crippen molar-refractivity contribution in [1.82, 2.24) is 5.32 Å². The van der Waals surface area contributed by atoms with Gasteiger partial charge in [0.2, 0.25) is 5.91 Å². The Morgan fingerprint density at radius 1 is 1.35 bits per heavy atom. The van der Waals surface area contributed by atoms with Crippen molar-refractivity contribution in [1.29, 1.82) is 0 Å². The molecule has 0 aromatic heterocycles. The molecular weight excluding hydrogens is 252 g/mol. The highest BCUT2D eigenvalue weighted by Gasteiger charge is 2.30. The van der Waals surface area contributed by atoms with Gasteiger partial charge in [-0.3, -0.25) is 4.79 Å². The molecule has 4 nitrogen and oxygen atoms in total. The lowest BCUT2D eigenvalue weighted by Crippen LogP contribution is -2.55. The van der Waals surface area contributed by atoms with E-state index in [2.05, 4.69) is 5.32 Å². The summed E-state index contributed by atoms with van der Waals surface area (Å²) >= 11 is 0. The van der Waals surface area contributed by atoms with Gasteiger partial charge in [-0.15, -0.1) is 0 Å². The molecule has 1 amide bonds. The molecule has 0 saturated carbocycles. The standard InChI is InChI=1S/C16H26N2O2/c1-5-16(17,6-2)15(19)18-12(3)11-13-9-7-8-10-14(13)20-4/h7-10,12H,5-6,11,17H2,1-4H3,(H,18,19).